The van der Waals surface area contributed by atoms with Crippen LogP contribution in [-0.4, -0.2) is 0 Å². The highest BCUT2D eigenvalue weighted by atomic mass is 19.1. The first-order valence-corrected chi connectivity index (χ1v) is 7.18. The van der Waals surface area contributed by atoms with Gasteiger partial charge in [-0.15, -0.1) is 0 Å². The lowest BCUT2D eigenvalue weighted by Gasteiger charge is -2.09. The quantitative estimate of drug-likeness (QED) is 0.550. The van der Waals surface area contributed by atoms with Crippen LogP contribution >= 0.6 is 0 Å². The van der Waals surface area contributed by atoms with Crippen LogP contribution in [0.15, 0.2) is 60.7 Å². The summed E-state index contributed by atoms with van der Waals surface area (Å²) in [7, 11) is 0. The van der Waals surface area contributed by atoms with E-state index in [2.05, 4.69) is 13.0 Å². The van der Waals surface area contributed by atoms with Crippen molar-refractivity contribution in [2.24, 2.45) is 0 Å². The Morgan fingerprint density at radius 3 is 1.82 bits per heavy atom. The maximum absolute atomic E-state index is 14.4. The Morgan fingerprint density at radius 1 is 0.591 bits per heavy atom. The van der Waals surface area contributed by atoms with E-state index in [1.54, 1.807) is 18.2 Å². The monoisotopic (exact) mass is 294 g/mol. The molecule has 0 aliphatic carbocycles. The van der Waals surface area contributed by atoms with E-state index in [9.17, 15) is 8.78 Å². The molecule has 22 heavy (non-hydrogen) atoms. The second-order valence-corrected chi connectivity index (χ2v) is 5.50. The van der Waals surface area contributed by atoms with Gasteiger partial charge in [0.15, 0.2) is 0 Å². The molecule has 0 aliphatic heterocycles. The van der Waals surface area contributed by atoms with Gasteiger partial charge in [0.25, 0.3) is 0 Å². The normalized spacial score (nSPS) is 10.7. The van der Waals surface area contributed by atoms with Gasteiger partial charge in [-0.2, -0.15) is 0 Å². The fourth-order valence-electron chi connectivity index (χ4n) is 2.48. The lowest BCUT2D eigenvalue weighted by atomic mass is 9.97. The third-order valence-corrected chi connectivity index (χ3v) is 3.96. The fourth-order valence-corrected chi connectivity index (χ4v) is 2.48. The molecule has 110 valence electrons. The molecule has 0 spiro atoms. The Balaban J connectivity index is 2.01. The standard InChI is InChI=1S/C20H16F2/c1-13-3-4-16(11-14(13)2)17-7-10-19(20(22)12-17)15-5-8-18(21)9-6-15/h3-12H,1-2H3. The van der Waals surface area contributed by atoms with Gasteiger partial charge >= 0.3 is 0 Å². The lowest BCUT2D eigenvalue weighted by Crippen LogP contribution is -1.88. The fraction of sp³-hybridized carbons (Fsp3) is 0.100. The maximum atomic E-state index is 14.4. The predicted octanol–water partition coefficient (Wildman–Crippen LogP) is 5.92. The van der Waals surface area contributed by atoms with E-state index in [1.807, 2.05) is 25.1 Å². The molecule has 0 bridgehead atoms. The van der Waals surface area contributed by atoms with Crippen molar-refractivity contribution in [3.63, 3.8) is 0 Å². The van der Waals surface area contributed by atoms with E-state index in [0.29, 0.717) is 11.1 Å². The molecule has 0 radical (unpaired) electrons. The topological polar surface area (TPSA) is 0 Å². The van der Waals surface area contributed by atoms with Crippen molar-refractivity contribution in [1.82, 2.24) is 0 Å². The van der Waals surface area contributed by atoms with Crippen molar-refractivity contribution in [3.8, 4) is 22.3 Å². The Labute approximate surface area is 129 Å². The molecule has 3 rings (SSSR count). The molecule has 0 N–H and O–H groups in total. The molecule has 0 amide bonds. The molecular formula is C20H16F2. The summed E-state index contributed by atoms with van der Waals surface area (Å²) in [5.41, 5.74) is 5.38. The average molecular weight is 294 g/mol. The van der Waals surface area contributed by atoms with Gasteiger partial charge in [-0.1, -0.05) is 42.5 Å². The molecular weight excluding hydrogens is 278 g/mol. The summed E-state index contributed by atoms with van der Waals surface area (Å²) in [4.78, 5) is 0. The molecule has 3 aromatic rings. The minimum absolute atomic E-state index is 0.303. The van der Waals surface area contributed by atoms with Crippen molar-refractivity contribution in [2.75, 3.05) is 0 Å². The molecule has 0 aromatic heterocycles. The number of benzene rings is 3. The Morgan fingerprint density at radius 2 is 1.18 bits per heavy atom. The van der Waals surface area contributed by atoms with E-state index in [1.165, 1.54) is 29.3 Å². The Bertz CT molecular complexity index is 818. The first-order valence-electron chi connectivity index (χ1n) is 7.18. The summed E-state index contributed by atoms with van der Waals surface area (Å²) in [5.74, 6) is -0.627. The number of rotatable bonds is 2. The summed E-state index contributed by atoms with van der Waals surface area (Å²) < 4.78 is 27.4. The zero-order valence-corrected chi connectivity index (χ0v) is 12.5. The molecule has 0 heterocycles. The van der Waals surface area contributed by atoms with Gasteiger partial charge in [0.2, 0.25) is 0 Å². The summed E-state index contributed by atoms with van der Waals surface area (Å²) in [6.45, 7) is 4.10. The van der Waals surface area contributed by atoms with Crippen LogP contribution in [0, 0.1) is 25.5 Å². The van der Waals surface area contributed by atoms with Crippen LogP contribution in [0.1, 0.15) is 11.1 Å². The van der Waals surface area contributed by atoms with Crippen LogP contribution in [0.2, 0.25) is 0 Å². The average Bonchev–Trinajstić information content (AvgIpc) is 2.51. The predicted molar refractivity (Wildman–Crippen MR) is 86.7 cm³/mol. The minimum Gasteiger partial charge on any atom is -0.207 e. The van der Waals surface area contributed by atoms with Crippen molar-refractivity contribution in [2.45, 2.75) is 13.8 Å². The van der Waals surface area contributed by atoms with Crippen molar-refractivity contribution in [1.29, 1.82) is 0 Å². The maximum Gasteiger partial charge on any atom is 0.131 e. The van der Waals surface area contributed by atoms with Crippen molar-refractivity contribution >= 4 is 0 Å². The van der Waals surface area contributed by atoms with Crippen molar-refractivity contribution < 1.29 is 8.78 Å². The number of hydrogen-bond donors (Lipinski definition) is 0. The Kier molecular flexibility index (Phi) is 3.76. The third-order valence-electron chi connectivity index (χ3n) is 3.96. The first kappa shape index (κ1) is 14.5. The first-order chi connectivity index (χ1) is 10.5. The highest BCUT2D eigenvalue weighted by Gasteiger charge is 2.08. The summed E-state index contributed by atoms with van der Waals surface area (Å²) in [5, 5.41) is 0. The van der Waals surface area contributed by atoms with Gasteiger partial charge < -0.3 is 0 Å². The zero-order chi connectivity index (χ0) is 15.7. The zero-order valence-electron chi connectivity index (χ0n) is 12.5. The second-order valence-electron chi connectivity index (χ2n) is 5.50. The highest BCUT2D eigenvalue weighted by Crippen LogP contribution is 2.29. The van der Waals surface area contributed by atoms with Crippen LogP contribution in [0.5, 0.6) is 0 Å². The molecule has 2 heteroatoms. The van der Waals surface area contributed by atoms with E-state index in [-0.39, 0.29) is 11.6 Å². The number of halogens is 2. The van der Waals surface area contributed by atoms with E-state index >= 15 is 0 Å². The van der Waals surface area contributed by atoms with Gasteiger partial charge in [-0.05, 0) is 59.9 Å². The van der Waals surface area contributed by atoms with E-state index < -0.39 is 0 Å². The van der Waals surface area contributed by atoms with Crippen LogP contribution in [0.3, 0.4) is 0 Å². The van der Waals surface area contributed by atoms with Gasteiger partial charge in [0.05, 0.1) is 0 Å². The second kappa shape index (κ2) is 5.72. The van der Waals surface area contributed by atoms with Crippen LogP contribution in [0.4, 0.5) is 8.78 Å². The van der Waals surface area contributed by atoms with Crippen LogP contribution < -0.4 is 0 Å². The number of hydrogen-bond acceptors (Lipinski definition) is 0. The van der Waals surface area contributed by atoms with Gasteiger partial charge in [0.1, 0.15) is 11.6 Å². The summed E-state index contributed by atoms with van der Waals surface area (Å²) in [6.07, 6.45) is 0. The summed E-state index contributed by atoms with van der Waals surface area (Å²) in [6, 6.07) is 17.1. The van der Waals surface area contributed by atoms with Gasteiger partial charge in [-0.25, -0.2) is 8.78 Å². The molecule has 0 fully saturated rings. The smallest absolute Gasteiger partial charge is 0.131 e. The lowest BCUT2D eigenvalue weighted by molar-refractivity contribution is 0.626. The highest BCUT2D eigenvalue weighted by molar-refractivity contribution is 5.71. The Hall–Kier alpha value is -2.48. The van der Waals surface area contributed by atoms with E-state index in [4.69, 9.17) is 0 Å². The molecule has 0 aliphatic rings. The van der Waals surface area contributed by atoms with Crippen molar-refractivity contribution in [3.05, 3.63) is 83.4 Å². The summed E-state index contributed by atoms with van der Waals surface area (Å²) >= 11 is 0. The molecule has 3 aromatic carbocycles. The van der Waals surface area contributed by atoms with Gasteiger partial charge in [-0.3, -0.25) is 0 Å². The van der Waals surface area contributed by atoms with Crippen LogP contribution in [-0.2, 0) is 0 Å². The van der Waals surface area contributed by atoms with Gasteiger partial charge in [0, 0.05) is 5.56 Å². The molecule has 0 saturated heterocycles. The minimum atomic E-state index is -0.323. The molecule has 0 saturated carbocycles. The molecule has 0 unspecified atom stereocenters. The molecule has 0 atom stereocenters. The molecule has 0 nitrogen and oxygen atoms in total. The van der Waals surface area contributed by atoms with E-state index in [0.717, 1.165) is 11.1 Å². The van der Waals surface area contributed by atoms with Crippen LogP contribution in [0.25, 0.3) is 22.3 Å². The largest absolute Gasteiger partial charge is 0.207 e. The third kappa shape index (κ3) is 2.77. The SMILES string of the molecule is Cc1ccc(-c2ccc(-c3ccc(F)cc3)c(F)c2)cc1C. The number of aryl methyl sites for hydroxylation is 2.